The molecule has 5 heteroatoms. The highest BCUT2D eigenvalue weighted by atomic mass is 79.9. The molecule has 0 saturated carbocycles. The first-order valence-electron chi connectivity index (χ1n) is 4.63. The normalized spacial score (nSPS) is 19.8. The van der Waals surface area contributed by atoms with Gasteiger partial charge >= 0.3 is 0 Å². The fourth-order valence-corrected chi connectivity index (χ4v) is 2.58. The number of benzene rings is 1. The lowest BCUT2D eigenvalue weighted by Gasteiger charge is -2.29. The topological polar surface area (TPSA) is 41.5 Å². The predicted molar refractivity (Wildman–Crippen MR) is 65.4 cm³/mol. The van der Waals surface area contributed by atoms with Crippen molar-refractivity contribution in [1.82, 2.24) is 5.32 Å². The molecule has 1 aliphatic heterocycles. The van der Waals surface area contributed by atoms with Crippen LogP contribution in [0.1, 0.15) is 18.0 Å². The minimum atomic E-state index is 0.132. The lowest BCUT2D eigenvalue weighted by molar-refractivity contribution is 0.360. The second-order valence-electron chi connectivity index (χ2n) is 3.44. The Kier molecular flexibility index (Phi) is 3.23. The summed E-state index contributed by atoms with van der Waals surface area (Å²) in [5.74, 6) is 0.626. The molecular weight excluding hydrogens is 326 g/mol. The SMILES string of the molecule is COc1cc([C@H]2CCN2)c(Br)c(Br)c1O. The molecule has 2 rings (SSSR count). The van der Waals surface area contributed by atoms with Gasteiger partial charge in [0.25, 0.3) is 0 Å². The number of hydrogen-bond donors (Lipinski definition) is 2. The molecule has 1 aromatic carbocycles. The summed E-state index contributed by atoms with van der Waals surface area (Å²) < 4.78 is 6.64. The molecule has 0 bridgehead atoms. The van der Waals surface area contributed by atoms with Crippen molar-refractivity contribution in [1.29, 1.82) is 0 Å². The van der Waals surface area contributed by atoms with Gasteiger partial charge in [-0.05, 0) is 56.5 Å². The molecule has 0 aliphatic carbocycles. The standard InChI is InChI=1S/C10H11Br2NO2/c1-15-7-4-5(6-2-3-13-6)8(11)9(12)10(7)14/h4,6,13-14H,2-3H2,1H3/t6-/m1/s1. The van der Waals surface area contributed by atoms with Crippen molar-refractivity contribution in [3.8, 4) is 11.5 Å². The summed E-state index contributed by atoms with van der Waals surface area (Å²) in [6.45, 7) is 1.04. The molecule has 3 nitrogen and oxygen atoms in total. The van der Waals surface area contributed by atoms with Gasteiger partial charge < -0.3 is 15.2 Å². The van der Waals surface area contributed by atoms with Gasteiger partial charge in [-0.3, -0.25) is 0 Å². The number of nitrogens with one attached hydrogen (secondary N) is 1. The molecular formula is C10H11Br2NO2. The summed E-state index contributed by atoms with van der Waals surface area (Å²) >= 11 is 6.81. The molecule has 82 valence electrons. The summed E-state index contributed by atoms with van der Waals surface area (Å²) in [6.07, 6.45) is 1.11. The van der Waals surface area contributed by atoms with E-state index in [1.807, 2.05) is 6.07 Å². The number of phenols is 1. The fraction of sp³-hybridized carbons (Fsp3) is 0.400. The van der Waals surface area contributed by atoms with Crippen LogP contribution in [0.4, 0.5) is 0 Å². The van der Waals surface area contributed by atoms with Crippen molar-refractivity contribution in [3.63, 3.8) is 0 Å². The summed E-state index contributed by atoms with van der Waals surface area (Å²) in [5, 5.41) is 13.1. The largest absolute Gasteiger partial charge is 0.503 e. The van der Waals surface area contributed by atoms with E-state index in [2.05, 4.69) is 37.2 Å². The summed E-state index contributed by atoms with van der Waals surface area (Å²) in [4.78, 5) is 0. The fourth-order valence-electron chi connectivity index (χ4n) is 1.58. The first-order chi connectivity index (χ1) is 7.15. The van der Waals surface area contributed by atoms with Crippen LogP contribution in [0, 0.1) is 0 Å². The summed E-state index contributed by atoms with van der Waals surface area (Å²) in [7, 11) is 1.55. The Bertz CT molecular complexity index is 391. The summed E-state index contributed by atoms with van der Waals surface area (Å²) in [5.41, 5.74) is 1.11. The number of ether oxygens (including phenoxy) is 1. The maximum absolute atomic E-state index is 9.75. The number of phenolic OH excluding ortho intramolecular Hbond substituents is 1. The molecule has 2 N–H and O–H groups in total. The molecule has 0 unspecified atom stereocenters. The predicted octanol–water partition coefficient (Wildman–Crippen LogP) is 2.96. The van der Waals surface area contributed by atoms with Crippen LogP contribution in [-0.4, -0.2) is 18.8 Å². The van der Waals surface area contributed by atoms with Gasteiger partial charge in [-0.1, -0.05) is 0 Å². The van der Waals surface area contributed by atoms with E-state index >= 15 is 0 Å². The highest BCUT2D eigenvalue weighted by Crippen LogP contribution is 2.44. The average molecular weight is 337 g/mol. The average Bonchev–Trinajstić information content (AvgIpc) is 2.16. The first-order valence-corrected chi connectivity index (χ1v) is 6.22. The van der Waals surface area contributed by atoms with Crippen molar-refractivity contribution >= 4 is 31.9 Å². The van der Waals surface area contributed by atoms with Crippen LogP contribution in [0.3, 0.4) is 0 Å². The lowest BCUT2D eigenvalue weighted by atomic mass is 9.98. The van der Waals surface area contributed by atoms with Gasteiger partial charge in [-0.15, -0.1) is 0 Å². The minimum Gasteiger partial charge on any atom is -0.503 e. The van der Waals surface area contributed by atoms with E-state index in [0.29, 0.717) is 16.3 Å². The number of halogens is 2. The second kappa shape index (κ2) is 4.31. The Hall–Kier alpha value is -0.260. The Balaban J connectivity index is 2.49. The van der Waals surface area contributed by atoms with Crippen molar-refractivity contribution in [2.45, 2.75) is 12.5 Å². The van der Waals surface area contributed by atoms with E-state index in [4.69, 9.17) is 4.74 Å². The number of methoxy groups -OCH3 is 1. The second-order valence-corrected chi connectivity index (χ2v) is 5.03. The van der Waals surface area contributed by atoms with E-state index in [9.17, 15) is 5.11 Å². The van der Waals surface area contributed by atoms with Crippen molar-refractivity contribution in [3.05, 3.63) is 20.6 Å². The Morgan fingerprint density at radius 2 is 2.13 bits per heavy atom. The van der Waals surface area contributed by atoms with Crippen LogP contribution < -0.4 is 10.1 Å². The molecule has 15 heavy (non-hydrogen) atoms. The van der Waals surface area contributed by atoms with E-state index in [-0.39, 0.29) is 5.75 Å². The number of hydrogen-bond acceptors (Lipinski definition) is 3. The van der Waals surface area contributed by atoms with Gasteiger partial charge in [0.1, 0.15) is 0 Å². The van der Waals surface area contributed by atoms with Crippen LogP contribution in [0.15, 0.2) is 15.0 Å². The molecule has 0 aromatic heterocycles. The van der Waals surface area contributed by atoms with Crippen molar-refractivity contribution in [2.75, 3.05) is 13.7 Å². The molecule has 1 heterocycles. The highest BCUT2D eigenvalue weighted by molar-refractivity contribution is 9.13. The van der Waals surface area contributed by atoms with E-state index in [0.717, 1.165) is 23.0 Å². The zero-order chi connectivity index (χ0) is 11.0. The van der Waals surface area contributed by atoms with Gasteiger partial charge in [0, 0.05) is 10.5 Å². The molecule has 1 aliphatic rings. The van der Waals surface area contributed by atoms with Crippen LogP contribution in [0.5, 0.6) is 11.5 Å². The van der Waals surface area contributed by atoms with Crippen molar-refractivity contribution < 1.29 is 9.84 Å². The van der Waals surface area contributed by atoms with Crippen LogP contribution in [0.25, 0.3) is 0 Å². The van der Waals surface area contributed by atoms with E-state index < -0.39 is 0 Å². The minimum absolute atomic E-state index is 0.132. The third-order valence-electron chi connectivity index (χ3n) is 2.59. The van der Waals surface area contributed by atoms with Crippen LogP contribution >= 0.6 is 31.9 Å². The van der Waals surface area contributed by atoms with Gasteiger partial charge in [-0.2, -0.15) is 0 Å². The smallest absolute Gasteiger partial charge is 0.173 e. The molecule has 0 radical (unpaired) electrons. The van der Waals surface area contributed by atoms with Gasteiger partial charge in [0.15, 0.2) is 11.5 Å². The molecule has 1 atom stereocenters. The molecule has 1 aromatic rings. The highest BCUT2D eigenvalue weighted by Gasteiger charge is 2.24. The maximum Gasteiger partial charge on any atom is 0.173 e. The zero-order valence-electron chi connectivity index (χ0n) is 8.18. The zero-order valence-corrected chi connectivity index (χ0v) is 11.4. The third-order valence-corrected chi connectivity index (χ3v) is 4.75. The maximum atomic E-state index is 9.75. The summed E-state index contributed by atoms with van der Waals surface area (Å²) in [6, 6.07) is 2.21. The van der Waals surface area contributed by atoms with Gasteiger partial charge in [-0.25, -0.2) is 0 Å². The monoisotopic (exact) mass is 335 g/mol. The lowest BCUT2D eigenvalue weighted by Crippen LogP contribution is -2.35. The van der Waals surface area contributed by atoms with Crippen LogP contribution in [-0.2, 0) is 0 Å². The quantitative estimate of drug-likeness (QED) is 0.872. The van der Waals surface area contributed by atoms with E-state index in [1.54, 1.807) is 7.11 Å². The molecule has 0 spiro atoms. The third kappa shape index (κ3) is 1.88. The van der Waals surface area contributed by atoms with Gasteiger partial charge in [0.2, 0.25) is 0 Å². The van der Waals surface area contributed by atoms with Crippen LogP contribution in [0.2, 0.25) is 0 Å². The van der Waals surface area contributed by atoms with E-state index in [1.165, 1.54) is 0 Å². The first kappa shape index (κ1) is 11.2. The number of aromatic hydroxyl groups is 1. The Morgan fingerprint density at radius 3 is 2.60 bits per heavy atom. The number of rotatable bonds is 2. The molecule has 1 saturated heterocycles. The Morgan fingerprint density at radius 1 is 1.47 bits per heavy atom. The molecule has 0 amide bonds. The van der Waals surface area contributed by atoms with Gasteiger partial charge in [0.05, 0.1) is 11.6 Å². The van der Waals surface area contributed by atoms with Crippen molar-refractivity contribution in [2.24, 2.45) is 0 Å². The molecule has 1 fully saturated rings. The Labute approximate surface area is 105 Å².